The molecular weight excluding hydrogens is 316 g/mol. The van der Waals surface area contributed by atoms with E-state index in [4.69, 9.17) is 0 Å². The number of fused-ring (bicyclic) bond motifs is 1. The molecule has 25 heavy (non-hydrogen) atoms. The molecule has 2 N–H and O–H groups in total. The molecule has 1 fully saturated rings. The van der Waals surface area contributed by atoms with Gasteiger partial charge in [0, 0.05) is 19.0 Å². The SMILES string of the molecule is CCC(C)C(=O)N1CCCC(C(=O)NC2CCc3c(O)cccc32)C1. The predicted octanol–water partition coefficient (Wildman–Crippen LogP) is 2.78. The van der Waals surface area contributed by atoms with Gasteiger partial charge in [-0.25, -0.2) is 0 Å². The molecule has 0 spiro atoms. The van der Waals surface area contributed by atoms with E-state index in [0.717, 1.165) is 49.8 Å². The molecule has 136 valence electrons. The van der Waals surface area contributed by atoms with Crippen LogP contribution >= 0.6 is 0 Å². The van der Waals surface area contributed by atoms with E-state index < -0.39 is 0 Å². The molecule has 1 aliphatic carbocycles. The number of amides is 2. The summed E-state index contributed by atoms with van der Waals surface area (Å²) in [5.41, 5.74) is 1.97. The first-order valence-corrected chi connectivity index (χ1v) is 9.41. The summed E-state index contributed by atoms with van der Waals surface area (Å²) in [6.07, 6.45) is 4.14. The molecule has 3 unspecified atom stereocenters. The van der Waals surface area contributed by atoms with E-state index >= 15 is 0 Å². The number of hydrogen-bond donors (Lipinski definition) is 2. The first kappa shape index (κ1) is 17.8. The molecule has 0 aromatic heterocycles. The zero-order valence-corrected chi connectivity index (χ0v) is 15.1. The summed E-state index contributed by atoms with van der Waals surface area (Å²) in [6, 6.07) is 5.47. The van der Waals surface area contributed by atoms with Crippen LogP contribution in [0.1, 0.15) is 56.7 Å². The molecular formula is C20H28N2O3. The van der Waals surface area contributed by atoms with Gasteiger partial charge in [-0.15, -0.1) is 0 Å². The summed E-state index contributed by atoms with van der Waals surface area (Å²) in [4.78, 5) is 27.0. The molecule has 5 nitrogen and oxygen atoms in total. The van der Waals surface area contributed by atoms with Gasteiger partial charge in [0.25, 0.3) is 0 Å². The highest BCUT2D eigenvalue weighted by atomic mass is 16.3. The molecule has 0 radical (unpaired) electrons. The minimum atomic E-state index is -0.136. The Kier molecular flexibility index (Phi) is 5.30. The second-order valence-corrected chi connectivity index (χ2v) is 7.38. The van der Waals surface area contributed by atoms with Gasteiger partial charge in [-0.3, -0.25) is 9.59 Å². The van der Waals surface area contributed by atoms with E-state index in [2.05, 4.69) is 5.32 Å². The standard InChI is InChI=1S/C20H28N2O3/c1-3-13(2)20(25)22-11-5-6-14(12-22)19(24)21-17-10-9-16-15(17)7-4-8-18(16)23/h4,7-8,13-14,17,23H,3,5-6,9-12H2,1-2H3,(H,21,24). The van der Waals surface area contributed by atoms with Gasteiger partial charge in [0.2, 0.25) is 11.8 Å². The second-order valence-electron chi connectivity index (χ2n) is 7.38. The van der Waals surface area contributed by atoms with Gasteiger partial charge in [-0.05, 0) is 49.3 Å². The third-order valence-electron chi connectivity index (χ3n) is 5.70. The fourth-order valence-corrected chi connectivity index (χ4v) is 3.95. The van der Waals surface area contributed by atoms with Crippen LogP contribution in [0, 0.1) is 11.8 Å². The highest BCUT2D eigenvalue weighted by Gasteiger charge is 2.32. The number of nitrogens with zero attached hydrogens (tertiary/aromatic N) is 1. The maximum atomic E-state index is 12.7. The van der Waals surface area contributed by atoms with Crippen LogP contribution in [0.3, 0.4) is 0 Å². The molecule has 0 bridgehead atoms. The maximum absolute atomic E-state index is 12.7. The number of nitrogens with one attached hydrogen (secondary N) is 1. The molecule has 5 heteroatoms. The molecule has 1 aliphatic heterocycles. The fraction of sp³-hybridized carbons (Fsp3) is 0.600. The Bertz CT molecular complexity index is 658. The molecule has 3 atom stereocenters. The van der Waals surface area contributed by atoms with Crippen molar-refractivity contribution < 1.29 is 14.7 Å². The normalized spacial score (nSPS) is 23.8. The lowest BCUT2D eigenvalue weighted by Crippen LogP contribution is -2.47. The second kappa shape index (κ2) is 7.46. The Morgan fingerprint density at radius 3 is 2.92 bits per heavy atom. The number of hydrogen-bond acceptors (Lipinski definition) is 3. The summed E-state index contributed by atoms with van der Waals surface area (Å²) >= 11 is 0. The Morgan fingerprint density at radius 2 is 2.16 bits per heavy atom. The van der Waals surface area contributed by atoms with Crippen molar-refractivity contribution in [3.8, 4) is 5.75 Å². The van der Waals surface area contributed by atoms with E-state index in [1.165, 1.54) is 0 Å². The number of carbonyl (C=O) groups excluding carboxylic acids is 2. The number of phenols is 1. The molecule has 1 aromatic rings. The molecule has 2 amide bonds. The summed E-state index contributed by atoms with van der Waals surface area (Å²) in [7, 11) is 0. The Balaban J connectivity index is 1.63. The van der Waals surface area contributed by atoms with E-state index in [1.54, 1.807) is 6.07 Å². The van der Waals surface area contributed by atoms with E-state index in [-0.39, 0.29) is 29.7 Å². The number of phenolic OH excluding ortho intramolecular Hbond substituents is 1. The van der Waals surface area contributed by atoms with Crippen molar-refractivity contribution in [1.82, 2.24) is 10.2 Å². The number of rotatable bonds is 4. The molecule has 1 saturated heterocycles. The van der Waals surface area contributed by atoms with E-state index in [0.29, 0.717) is 12.3 Å². The average Bonchev–Trinajstić information content (AvgIpc) is 3.04. The molecule has 2 aliphatic rings. The van der Waals surface area contributed by atoms with Gasteiger partial charge >= 0.3 is 0 Å². The number of carbonyl (C=O) groups is 2. The molecule has 0 saturated carbocycles. The smallest absolute Gasteiger partial charge is 0.225 e. The van der Waals surface area contributed by atoms with Crippen LogP contribution in [-0.2, 0) is 16.0 Å². The summed E-state index contributed by atoms with van der Waals surface area (Å²) < 4.78 is 0. The van der Waals surface area contributed by atoms with Crippen LogP contribution in [0.5, 0.6) is 5.75 Å². The summed E-state index contributed by atoms with van der Waals surface area (Å²) in [6.45, 7) is 5.25. The van der Waals surface area contributed by atoms with Crippen molar-refractivity contribution in [3.05, 3.63) is 29.3 Å². The quantitative estimate of drug-likeness (QED) is 0.882. The molecule has 1 aromatic carbocycles. The first-order valence-electron chi connectivity index (χ1n) is 9.41. The van der Waals surface area contributed by atoms with Crippen LogP contribution < -0.4 is 5.32 Å². The van der Waals surface area contributed by atoms with Gasteiger partial charge in [0.15, 0.2) is 0 Å². The van der Waals surface area contributed by atoms with Crippen molar-refractivity contribution in [3.63, 3.8) is 0 Å². The van der Waals surface area contributed by atoms with Crippen molar-refractivity contribution in [2.75, 3.05) is 13.1 Å². The van der Waals surface area contributed by atoms with E-state index in [9.17, 15) is 14.7 Å². The number of aromatic hydroxyl groups is 1. The highest BCUT2D eigenvalue weighted by Crippen LogP contribution is 2.36. The monoisotopic (exact) mass is 344 g/mol. The summed E-state index contributed by atoms with van der Waals surface area (Å²) in [5.74, 6) is 0.394. The number of benzene rings is 1. The maximum Gasteiger partial charge on any atom is 0.225 e. The zero-order valence-electron chi connectivity index (χ0n) is 15.1. The highest BCUT2D eigenvalue weighted by molar-refractivity contribution is 5.82. The minimum absolute atomic E-state index is 0.0199. The van der Waals surface area contributed by atoms with Crippen molar-refractivity contribution in [2.45, 2.75) is 52.0 Å². The lowest BCUT2D eigenvalue weighted by molar-refractivity contribution is -0.139. The third-order valence-corrected chi connectivity index (χ3v) is 5.70. The van der Waals surface area contributed by atoms with Gasteiger partial charge in [0.05, 0.1) is 12.0 Å². The molecule has 3 rings (SSSR count). The predicted molar refractivity (Wildman–Crippen MR) is 96.1 cm³/mol. The van der Waals surface area contributed by atoms with Gasteiger partial charge in [-0.2, -0.15) is 0 Å². The topological polar surface area (TPSA) is 69.6 Å². The van der Waals surface area contributed by atoms with Crippen molar-refractivity contribution in [2.24, 2.45) is 11.8 Å². The van der Waals surface area contributed by atoms with Gasteiger partial charge < -0.3 is 15.3 Å². The third kappa shape index (κ3) is 3.65. The molecule has 1 heterocycles. The Labute approximate surface area is 149 Å². The fourth-order valence-electron chi connectivity index (χ4n) is 3.95. The average molecular weight is 344 g/mol. The van der Waals surface area contributed by atoms with Crippen LogP contribution in [0.15, 0.2) is 18.2 Å². The lowest BCUT2D eigenvalue weighted by atomic mass is 9.95. The largest absolute Gasteiger partial charge is 0.508 e. The number of likely N-dealkylation sites (tertiary alicyclic amines) is 1. The Hall–Kier alpha value is -2.04. The number of piperidine rings is 1. The van der Waals surface area contributed by atoms with Crippen LogP contribution in [0.25, 0.3) is 0 Å². The first-order chi connectivity index (χ1) is 12.0. The Morgan fingerprint density at radius 1 is 1.36 bits per heavy atom. The minimum Gasteiger partial charge on any atom is -0.508 e. The zero-order chi connectivity index (χ0) is 18.0. The van der Waals surface area contributed by atoms with Crippen molar-refractivity contribution in [1.29, 1.82) is 0 Å². The van der Waals surface area contributed by atoms with Crippen LogP contribution in [-0.4, -0.2) is 34.9 Å². The summed E-state index contributed by atoms with van der Waals surface area (Å²) in [5, 5.41) is 13.1. The van der Waals surface area contributed by atoms with Crippen LogP contribution in [0.4, 0.5) is 0 Å². The van der Waals surface area contributed by atoms with Crippen molar-refractivity contribution >= 4 is 11.8 Å². The van der Waals surface area contributed by atoms with Gasteiger partial charge in [0.1, 0.15) is 5.75 Å². The van der Waals surface area contributed by atoms with E-state index in [1.807, 2.05) is 30.9 Å². The van der Waals surface area contributed by atoms with Crippen LogP contribution in [0.2, 0.25) is 0 Å². The lowest BCUT2D eigenvalue weighted by Gasteiger charge is -2.34. The van der Waals surface area contributed by atoms with Gasteiger partial charge in [-0.1, -0.05) is 26.0 Å².